The SMILES string of the molecule is Cc1cc(CN2CCN(C(=O)NCCN3CCC[C@H](C)C3)CC2)no1. The summed E-state index contributed by atoms with van der Waals surface area (Å²) in [4.78, 5) is 19.0. The Morgan fingerprint density at radius 2 is 2.08 bits per heavy atom. The second-order valence-electron chi connectivity index (χ2n) is 7.47. The second kappa shape index (κ2) is 8.67. The fourth-order valence-electron chi connectivity index (χ4n) is 3.75. The number of nitrogens with zero attached hydrogens (tertiary/aromatic N) is 4. The lowest BCUT2D eigenvalue weighted by molar-refractivity contribution is 0.131. The molecule has 0 saturated carbocycles. The first-order valence-corrected chi connectivity index (χ1v) is 9.50. The number of carbonyl (C=O) groups is 1. The van der Waals surface area contributed by atoms with E-state index in [1.54, 1.807) is 0 Å². The third-order valence-corrected chi connectivity index (χ3v) is 5.17. The van der Waals surface area contributed by atoms with E-state index in [2.05, 4.69) is 27.2 Å². The lowest BCUT2D eigenvalue weighted by Gasteiger charge is -2.34. The molecule has 2 amide bonds. The van der Waals surface area contributed by atoms with Gasteiger partial charge in [0.2, 0.25) is 0 Å². The number of hydrogen-bond acceptors (Lipinski definition) is 5. The van der Waals surface area contributed by atoms with Gasteiger partial charge in [0.25, 0.3) is 0 Å². The van der Waals surface area contributed by atoms with Gasteiger partial charge >= 0.3 is 6.03 Å². The molecule has 25 heavy (non-hydrogen) atoms. The van der Waals surface area contributed by atoms with Crippen molar-refractivity contribution in [3.05, 3.63) is 17.5 Å². The van der Waals surface area contributed by atoms with Gasteiger partial charge in [0.05, 0.1) is 5.69 Å². The summed E-state index contributed by atoms with van der Waals surface area (Å²) in [7, 11) is 0. The Morgan fingerprint density at radius 1 is 1.28 bits per heavy atom. The van der Waals surface area contributed by atoms with Crippen LogP contribution in [0.15, 0.2) is 10.6 Å². The number of urea groups is 1. The number of amides is 2. The van der Waals surface area contributed by atoms with Crippen LogP contribution >= 0.6 is 0 Å². The normalized spacial score (nSPS) is 23.0. The molecule has 0 bridgehead atoms. The van der Waals surface area contributed by atoms with Crippen LogP contribution in [0.4, 0.5) is 4.79 Å². The van der Waals surface area contributed by atoms with Crippen LogP contribution in [0.5, 0.6) is 0 Å². The molecule has 0 aliphatic carbocycles. The van der Waals surface area contributed by atoms with Gasteiger partial charge in [0, 0.05) is 58.4 Å². The highest BCUT2D eigenvalue weighted by Gasteiger charge is 2.22. The van der Waals surface area contributed by atoms with Crippen molar-refractivity contribution in [3.63, 3.8) is 0 Å². The maximum absolute atomic E-state index is 12.3. The van der Waals surface area contributed by atoms with Gasteiger partial charge in [-0.2, -0.15) is 0 Å². The predicted octanol–water partition coefficient (Wildman–Crippen LogP) is 1.54. The smallest absolute Gasteiger partial charge is 0.317 e. The van der Waals surface area contributed by atoms with E-state index in [0.717, 1.165) is 69.7 Å². The van der Waals surface area contributed by atoms with Crippen LogP contribution in [0.3, 0.4) is 0 Å². The second-order valence-corrected chi connectivity index (χ2v) is 7.47. The van der Waals surface area contributed by atoms with Crippen LogP contribution in [0.25, 0.3) is 0 Å². The van der Waals surface area contributed by atoms with E-state index in [1.807, 2.05) is 17.9 Å². The minimum Gasteiger partial charge on any atom is -0.361 e. The van der Waals surface area contributed by atoms with Crippen molar-refractivity contribution in [2.75, 3.05) is 52.4 Å². The van der Waals surface area contributed by atoms with Gasteiger partial charge in [-0.25, -0.2) is 4.79 Å². The molecule has 0 aromatic carbocycles. The summed E-state index contributed by atoms with van der Waals surface area (Å²) in [5.41, 5.74) is 0.964. The monoisotopic (exact) mass is 349 g/mol. The molecule has 1 N–H and O–H groups in total. The predicted molar refractivity (Wildman–Crippen MR) is 96.3 cm³/mol. The molecular weight excluding hydrogens is 318 g/mol. The zero-order chi connectivity index (χ0) is 17.6. The van der Waals surface area contributed by atoms with E-state index in [0.29, 0.717) is 0 Å². The topological polar surface area (TPSA) is 64.8 Å². The highest BCUT2D eigenvalue weighted by Crippen LogP contribution is 2.14. The third-order valence-electron chi connectivity index (χ3n) is 5.17. The van der Waals surface area contributed by atoms with E-state index in [9.17, 15) is 4.79 Å². The number of aryl methyl sites for hydroxylation is 1. The number of aromatic nitrogens is 1. The number of piperazine rings is 1. The van der Waals surface area contributed by atoms with Gasteiger partial charge in [-0.3, -0.25) is 4.90 Å². The zero-order valence-corrected chi connectivity index (χ0v) is 15.5. The number of piperidine rings is 1. The van der Waals surface area contributed by atoms with Crippen molar-refractivity contribution in [2.24, 2.45) is 5.92 Å². The molecule has 2 aliphatic heterocycles. The van der Waals surface area contributed by atoms with Crippen molar-refractivity contribution in [1.82, 2.24) is 25.2 Å². The van der Waals surface area contributed by atoms with Crippen molar-refractivity contribution in [3.8, 4) is 0 Å². The number of carbonyl (C=O) groups excluding carboxylic acids is 1. The molecule has 2 saturated heterocycles. The van der Waals surface area contributed by atoms with Crippen molar-refractivity contribution in [1.29, 1.82) is 0 Å². The third kappa shape index (κ3) is 5.44. The highest BCUT2D eigenvalue weighted by molar-refractivity contribution is 5.74. The molecule has 3 rings (SSSR count). The molecule has 0 radical (unpaired) electrons. The van der Waals surface area contributed by atoms with Gasteiger partial charge in [-0.05, 0) is 32.2 Å². The molecule has 3 heterocycles. The molecular formula is C18H31N5O2. The Balaban J connectivity index is 1.32. The largest absolute Gasteiger partial charge is 0.361 e. The maximum atomic E-state index is 12.3. The molecule has 7 nitrogen and oxygen atoms in total. The van der Waals surface area contributed by atoms with Crippen LogP contribution in [0.1, 0.15) is 31.2 Å². The Bertz CT molecular complexity index is 553. The summed E-state index contributed by atoms with van der Waals surface area (Å²) in [6, 6.07) is 2.04. The van der Waals surface area contributed by atoms with E-state index >= 15 is 0 Å². The molecule has 1 aromatic rings. The summed E-state index contributed by atoms with van der Waals surface area (Å²) in [6.45, 7) is 12.3. The van der Waals surface area contributed by atoms with Gasteiger partial charge in [0.1, 0.15) is 5.76 Å². The van der Waals surface area contributed by atoms with E-state index in [-0.39, 0.29) is 6.03 Å². The Morgan fingerprint density at radius 3 is 2.76 bits per heavy atom. The fourth-order valence-corrected chi connectivity index (χ4v) is 3.75. The minimum atomic E-state index is 0.0713. The van der Waals surface area contributed by atoms with Crippen molar-refractivity contribution < 1.29 is 9.32 Å². The van der Waals surface area contributed by atoms with E-state index in [1.165, 1.54) is 19.4 Å². The van der Waals surface area contributed by atoms with E-state index < -0.39 is 0 Å². The summed E-state index contributed by atoms with van der Waals surface area (Å²) < 4.78 is 5.11. The van der Waals surface area contributed by atoms with Crippen LogP contribution in [-0.2, 0) is 6.54 Å². The first-order chi connectivity index (χ1) is 12.1. The zero-order valence-electron chi connectivity index (χ0n) is 15.5. The fraction of sp³-hybridized carbons (Fsp3) is 0.778. The molecule has 1 atom stereocenters. The number of likely N-dealkylation sites (tertiary alicyclic amines) is 1. The average molecular weight is 349 g/mol. The number of nitrogens with one attached hydrogen (secondary N) is 1. The van der Waals surface area contributed by atoms with Crippen LogP contribution in [0.2, 0.25) is 0 Å². The van der Waals surface area contributed by atoms with Gasteiger partial charge in [-0.15, -0.1) is 0 Å². The maximum Gasteiger partial charge on any atom is 0.317 e. The van der Waals surface area contributed by atoms with Gasteiger partial charge < -0.3 is 19.6 Å². The number of rotatable bonds is 5. The summed E-state index contributed by atoms with van der Waals surface area (Å²) in [5, 5.41) is 7.12. The van der Waals surface area contributed by atoms with Crippen LogP contribution < -0.4 is 5.32 Å². The first-order valence-electron chi connectivity index (χ1n) is 9.50. The van der Waals surface area contributed by atoms with Crippen molar-refractivity contribution >= 4 is 6.03 Å². The summed E-state index contributed by atoms with van der Waals surface area (Å²) >= 11 is 0. The van der Waals surface area contributed by atoms with Crippen LogP contribution in [0, 0.1) is 12.8 Å². The molecule has 0 unspecified atom stereocenters. The molecule has 2 aliphatic rings. The Kier molecular flexibility index (Phi) is 6.31. The average Bonchev–Trinajstić information content (AvgIpc) is 3.00. The molecule has 1 aromatic heterocycles. The van der Waals surface area contributed by atoms with E-state index in [4.69, 9.17) is 4.52 Å². The van der Waals surface area contributed by atoms with Crippen molar-refractivity contribution in [2.45, 2.75) is 33.2 Å². The Labute approximate surface area is 150 Å². The molecule has 7 heteroatoms. The molecule has 140 valence electrons. The standard InChI is InChI=1S/C18H31N5O2/c1-15-4-3-6-21(13-15)7-5-19-18(24)23-10-8-22(9-11-23)14-17-12-16(2)25-20-17/h12,15H,3-11,13-14H2,1-2H3,(H,19,24)/t15-/m0/s1. The lowest BCUT2D eigenvalue weighted by Crippen LogP contribution is -2.52. The lowest BCUT2D eigenvalue weighted by atomic mass is 10.0. The van der Waals surface area contributed by atoms with Crippen LogP contribution in [-0.4, -0.2) is 78.2 Å². The quantitative estimate of drug-likeness (QED) is 0.874. The van der Waals surface area contributed by atoms with Gasteiger partial charge in [-0.1, -0.05) is 12.1 Å². The van der Waals surface area contributed by atoms with Gasteiger partial charge in [0.15, 0.2) is 0 Å². The summed E-state index contributed by atoms with van der Waals surface area (Å²) in [6.07, 6.45) is 2.61. The molecule has 2 fully saturated rings. The minimum absolute atomic E-state index is 0.0713. The first kappa shape index (κ1) is 18.2. The Hall–Kier alpha value is -1.60. The number of hydrogen-bond donors (Lipinski definition) is 1. The highest BCUT2D eigenvalue weighted by atomic mass is 16.5. The summed E-state index contributed by atoms with van der Waals surface area (Å²) in [5.74, 6) is 1.63. The molecule has 0 spiro atoms.